The average Bonchev–Trinajstić information content (AvgIpc) is 2.84. The lowest BCUT2D eigenvalue weighted by Gasteiger charge is -2.28. The molecule has 0 bridgehead atoms. The summed E-state index contributed by atoms with van der Waals surface area (Å²) in [4.78, 5) is 15.4. The van der Waals surface area contributed by atoms with Crippen molar-refractivity contribution in [1.29, 1.82) is 0 Å². The molecule has 1 N–H and O–H groups in total. The van der Waals surface area contributed by atoms with Gasteiger partial charge in [0, 0.05) is 30.8 Å². The Morgan fingerprint density at radius 3 is 2.86 bits per heavy atom. The summed E-state index contributed by atoms with van der Waals surface area (Å²) in [6.45, 7) is 5.18. The first-order chi connectivity index (χ1) is 9.71. The molecule has 0 saturated heterocycles. The number of sulfone groups is 1. The molecular formula is C14H22N2O3S2. The molecule has 1 aromatic rings. The zero-order chi connectivity index (χ0) is 15.7. The summed E-state index contributed by atoms with van der Waals surface area (Å²) in [5.74, 6) is 0.0242. The maximum Gasteiger partial charge on any atom is 0.236 e. The van der Waals surface area contributed by atoms with Crippen molar-refractivity contribution in [3.63, 3.8) is 0 Å². The molecule has 0 fully saturated rings. The summed E-state index contributed by atoms with van der Waals surface area (Å²) in [5, 5.41) is 5.04. The summed E-state index contributed by atoms with van der Waals surface area (Å²) in [5.41, 5.74) is 1.23. The van der Waals surface area contributed by atoms with E-state index in [2.05, 4.69) is 16.8 Å². The Morgan fingerprint density at radius 2 is 2.19 bits per heavy atom. The Balaban J connectivity index is 1.84. The number of amides is 1. The van der Waals surface area contributed by atoms with Crippen LogP contribution in [0.5, 0.6) is 0 Å². The van der Waals surface area contributed by atoms with Crippen LogP contribution in [-0.4, -0.2) is 49.9 Å². The van der Waals surface area contributed by atoms with Crippen LogP contribution in [0.4, 0.5) is 0 Å². The number of thiophene rings is 1. The molecule has 118 valence electrons. The number of fused-ring (bicyclic) bond motifs is 1. The molecule has 0 spiro atoms. The van der Waals surface area contributed by atoms with Crippen molar-refractivity contribution >= 4 is 27.1 Å². The summed E-state index contributed by atoms with van der Waals surface area (Å²) in [7, 11) is -3.14. The smallest absolute Gasteiger partial charge is 0.236 e. The summed E-state index contributed by atoms with van der Waals surface area (Å²) in [6.07, 6.45) is 2.13. The minimum atomic E-state index is -3.14. The van der Waals surface area contributed by atoms with E-state index in [4.69, 9.17) is 0 Å². The lowest BCUT2D eigenvalue weighted by atomic mass is 10.1. The number of nitrogens with zero attached hydrogens (tertiary/aromatic N) is 1. The van der Waals surface area contributed by atoms with E-state index in [0.29, 0.717) is 6.54 Å². The van der Waals surface area contributed by atoms with Crippen LogP contribution in [0, 0.1) is 0 Å². The van der Waals surface area contributed by atoms with Gasteiger partial charge in [0.15, 0.2) is 9.84 Å². The minimum Gasteiger partial charge on any atom is -0.337 e. The predicted molar refractivity (Wildman–Crippen MR) is 85.2 cm³/mol. The van der Waals surface area contributed by atoms with Gasteiger partial charge in [0.1, 0.15) is 0 Å². The average molecular weight is 330 g/mol. The van der Waals surface area contributed by atoms with Gasteiger partial charge in [-0.2, -0.15) is 0 Å². The lowest BCUT2D eigenvalue weighted by molar-refractivity contribution is -0.131. The van der Waals surface area contributed by atoms with E-state index >= 15 is 0 Å². The molecule has 0 atom stereocenters. The van der Waals surface area contributed by atoms with Crippen LogP contribution < -0.4 is 5.32 Å². The molecule has 2 rings (SSSR count). The molecule has 21 heavy (non-hydrogen) atoms. The van der Waals surface area contributed by atoms with Crippen molar-refractivity contribution in [1.82, 2.24) is 10.2 Å². The highest BCUT2D eigenvalue weighted by Crippen LogP contribution is 2.23. The molecule has 1 amide bonds. The van der Waals surface area contributed by atoms with Gasteiger partial charge in [-0.25, -0.2) is 8.42 Å². The van der Waals surface area contributed by atoms with Crippen LogP contribution in [0.1, 0.15) is 24.3 Å². The number of hydrogen-bond donors (Lipinski definition) is 1. The SMILES string of the molecule is CC(C)(CNCC(=O)N1CCc2sccc2C1)S(C)(=O)=O. The van der Waals surface area contributed by atoms with Gasteiger partial charge in [-0.05, 0) is 37.3 Å². The van der Waals surface area contributed by atoms with Gasteiger partial charge in [-0.1, -0.05) is 0 Å². The van der Waals surface area contributed by atoms with Gasteiger partial charge in [0.2, 0.25) is 5.91 Å². The Labute approximate surface area is 130 Å². The second-order valence-corrected chi connectivity index (χ2v) is 9.72. The topological polar surface area (TPSA) is 66.5 Å². The van der Waals surface area contributed by atoms with Crippen LogP contribution in [0.25, 0.3) is 0 Å². The third kappa shape index (κ3) is 3.84. The summed E-state index contributed by atoms with van der Waals surface area (Å²) >= 11 is 1.74. The van der Waals surface area contributed by atoms with Crippen molar-refractivity contribution in [2.45, 2.75) is 31.6 Å². The van der Waals surface area contributed by atoms with Crippen LogP contribution in [0.15, 0.2) is 11.4 Å². The largest absolute Gasteiger partial charge is 0.337 e. The molecule has 5 nitrogen and oxygen atoms in total. The highest BCUT2D eigenvalue weighted by Gasteiger charge is 2.30. The molecular weight excluding hydrogens is 308 g/mol. The number of nitrogens with one attached hydrogen (secondary N) is 1. The van der Waals surface area contributed by atoms with Gasteiger partial charge in [-0.3, -0.25) is 4.79 Å². The molecule has 1 aliphatic heterocycles. The quantitative estimate of drug-likeness (QED) is 0.876. The number of rotatable bonds is 5. The van der Waals surface area contributed by atoms with Gasteiger partial charge < -0.3 is 10.2 Å². The highest BCUT2D eigenvalue weighted by molar-refractivity contribution is 7.92. The van der Waals surface area contributed by atoms with Crippen molar-refractivity contribution in [3.05, 3.63) is 21.9 Å². The van der Waals surface area contributed by atoms with Crippen LogP contribution in [0.2, 0.25) is 0 Å². The molecule has 0 aliphatic carbocycles. The van der Waals surface area contributed by atoms with E-state index in [9.17, 15) is 13.2 Å². The van der Waals surface area contributed by atoms with Crippen LogP contribution in [-0.2, 0) is 27.6 Å². The predicted octanol–water partition coefficient (Wildman–Crippen LogP) is 1.05. The van der Waals surface area contributed by atoms with E-state index in [1.165, 1.54) is 16.7 Å². The van der Waals surface area contributed by atoms with E-state index in [0.717, 1.165) is 13.0 Å². The molecule has 2 heterocycles. The number of carbonyl (C=O) groups is 1. The fourth-order valence-corrected chi connectivity index (χ4v) is 3.43. The van der Waals surface area contributed by atoms with Crippen molar-refractivity contribution in [3.8, 4) is 0 Å². The first-order valence-corrected chi connectivity index (χ1v) is 9.71. The normalized spacial score (nSPS) is 15.9. The second kappa shape index (κ2) is 6.06. The first-order valence-electron chi connectivity index (χ1n) is 6.94. The molecule has 7 heteroatoms. The minimum absolute atomic E-state index is 0.0242. The highest BCUT2D eigenvalue weighted by atomic mass is 32.2. The van der Waals surface area contributed by atoms with E-state index in [1.807, 2.05) is 4.90 Å². The third-order valence-corrected chi connectivity index (χ3v) is 7.17. The van der Waals surface area contributed by atoms with Crippen molar-refractivity contribution in [2.24, 2.45) is 0 Å². The molecule has 0 radical (unpaired) electrons. The molecule has 0 aromatic carbocycles. The van der Waals surface area contributed by atoms with Crippen molar-refractivity contribution < 1.29 is 13.2 Å². The summed E-state index contributed by atoms with van der Waals surface area (Å²) < 4.78 is 22.3. The Morgan fingerprint density at radius 1 is 1.48 bits per heavy atom. The zero-order valence-corrected chi connectivity index (χ0v) is 14.3. The molecule has 0 saturated carbocycles. The third-order valence-electron chi connectivity index (χ3n) is 3.99. The van der Waals surface area contributed by atoms with Gasteiger partial charge >= 0.3 is 0 Å². The maximum absolute atomic E-state index is 12.2. The van der Waals surface area contributed by atoms with Gasteiger partial charge in [-0.15, -0.1) is 11.3 Å². The monoisotopic (exact) mass is 330 g/mol. The standard InChI is InChI=1S/C14H22N2O3S2/c1-14(2,21(3,18)19)10-15-8-13(17)16-6-4-12-11(9-16)5-7-20-12/h5,7,15H,4,6,8-10H2,1-3H3. The number of hydrogen-bond acceptors (Lipinski definition) is 5. The van der Waals surface area contributed by atoms with E-state index in [-0.39, 0.29) is 19.0 Å². The Bertz CT molecular complexity index is 620. The fraction of sp³-hybridized carbons (Fsp3) is 0.643. The van der Waals surface area contributed by atoms with Crippen molar-refractivity contribution in [2.75, 3.05) is 25.9 Å². The van der Waals surface area contributed by atoms with Gasteiger partial charge in [0.25, 0.3) is 0 Å². The Kier molecular flexibility index (Phi) is 4.75. The van der Waals surface area contributed by atoms with E-state index in [1.54, 1.807) is 25.2 Å². The van der Waals surface area contributed by atoms with Crippen LogP contribution >= 0.6 is 11.3 Å². The van der Waals surface area contributed by atoms with E-state index < -0.39 is 14.6 Å². The van der Waals surface area contributed by atoms with Gasteiger partial charge in [0.05, 0.1) is 11.3 Å². The maximum atomic E-state index is 12.2. The zero-order valence-electron chi connectivity index (χ0n) is 12.7. The Hall–Kier alpha value is -0.920. The summed E-state index contributed by atoms with van der Waals surface area (Å²) in [6, 6.07) is 2.07. The number of carbonyl (C=O) groups excluding carboxylic acids is 1. The first kappa shape index (κ1) is 16.5. The fourth-order valence-electron chi connectivity index (χ4n) is 2.17. The molecule has 0 unspecified atom stereocenters. The molecule has 1 aliphatic rings. The molecule has 1 aromatic heterocycles. The second-order valence-electron chi connectivity index (χ2n) is 6.07. The lowest BCUT2D eigenvalue weighted by Crippen LogP contribution is -2.46. The van der Waals surface area contributed by atoms with Crippen LogP contribution in [0.3, 0.4) is 0 Å².